The summed E-state index contributed by atoms with van der Waals surface area (Å²) in [5.41, 5.74) is 6.82. The number of methoxy groups -OCH3 is 1. The first-order valence-corrected chi connectivity index (χ1v) is 5.70. The highest BCUT2D eigenvalue weighted by atomic mass is 35.5. The number of rotatable bonds is 6. The summed E-state index contributed by atoms with van der Waals surface area (Å²) in [6.07, 6.45) is 1.15. The minimum Gasteiger partial charge on any atom is -0.495 e. The molecule has 1 aromatic rings. The van der Waals surface area contributed by atoms with Gasteiger partial charge in [0.05, 0.1) is 12.1 Å². The zero-order valence-corrected chi connectivity index (χ0v) is 10.4. The fourth-order valence-electron chi connectivity index (χ4n) is 1.55. The van der Waals surface area contributed by atoms with E-state index in [9.17, 15) is 4.79 Å². The van der Waals surface area contributed by atoms with Gasteiger partial charge in [-0.1, -0.05) is 17.7 Å². The fourth-order valence-corrected chi connectivity index (χ4v) is 1.83. The zero-order valence-electron chi connectivity index (χ0n) is 9.65. The first-order chi connectivity index (χ1) is 8.02. The summed E-state index contributed by atoms with van der Waals surface area (Å²) in [7, 11) is 1.56. The number of carbonyl (C=O) groups is 1. The molecule has 0 aliphatic heterocycles. The van der Waals surface area contributed by atoms with Crippen molar-refractivity contribution in [3.05, 3.63) is 28.8 Å². The van der Waals surface area contributed by atoms with Crippen LogP contribution in [0.15, 0.2) is 18.2 Å². The topological polar surface area (TPSA) is 72.5 Å². The Bertz CT molecular complexity index is 395. The molecular formula is C12H16ClNO3. The van der Waals surface area contributed by atoms with Crippen LogP contribution in [0.5, 0.6) is 5.75 Å². The maximum absolute atomic E-state index is 10.4. The van der Waals surface area contributed by atoms with Crippen molar-refractivity contribution in [3.63, 3.8) is 0 Å². The van der Waals surface area contributed by atoms with Crippen LogP contribution >= 0.6 is 11.6 Å². The summed E-state index contributed by atoms with van der Waals surface area (Å²) in [4.78, 5) is 10.4. The molecule has 1 rings (SSSR count). The van der Waals surface area contributed by atoms with Crippen molar-refractivity contribution in [2.75, 3.05) is 7.11 Å². The highest BCUT2D eigenvalue weighted by Crippen LogP contribution is 2.25. The van der Waals surface area contributed by atoms with Gasteiger partial charge in [0.1, 0.15) is 5.75 Å². The van der Waals surface area contributed by atoms with E-state index in [4.69, 9.17) is 27.2 Å². The van der Waals surface area contributed by atoms with Gasteiger partial charge in [0.25, 0.3) is 0 Å². The lowest BCUT2D eigenvalue weighted by atomic mass is 10.0. The smallest absolute Gasteiger partial charge is 0.303 e. The quantitative estimate of drug-likeness (QED) is 0.818. The van der Waals surface area contributed by atoms with Crippen molar-refractivity contribution >= 4 is 17.6 Å². The lowest BCUT2D eigenvalue weighted by Crippen LogP contribution is -2.23. The van der Waals surface area contributed by atoms with Crippen molar-refractivity contribution < 1.29 is 14.6 Å². The second kappa shape index (κ2) is 6.47. The van der Waals surface area contributed by atoms with Crippen molar-refractivity contribution in [1.82, 2.24) is 0 Å². The van der Waals surface area contributed by atoms with Crippen LogP contribution in [0.25, 0.3) is 0 Å². The van der Waals surface area contributed by atoms with E-state index in [-0.39, 0.29) is 12.5 Å². The summed E-state index contributed by atoms with van der Waals surface area (Å²) in [6, 6.07) is 5.28. The predicted octanol–water partition coefficient (Wildman–Crippen LogP) is 2.08. The van der Waals surface area contributed by atoms with Gasteiger partial charge in [0.2, 0.25) is 0 Å². The molecule has 0 spiro atoms. The number of carboxylic acid groups (broad SMARTS) is 1. The number of carboxylic acids is 1. The number of nitrogens with two attached hydrogens (primary N) is 1. The van der Waals surface area contributed by atoms with Crippen LogP contribution in [0.2, 0.25) is 5.02 Å². The summed E-state index contributed by atoms with van der Waals surface area (Å²) >= 11 is 5.98. The minimum atomic E-state index is -0.826. The molecule has 0 heterocycles. The summed E-state index contributed by atoms with van der Waals surface area (Å²) in [5.74, 6) is -0.206. The first-order valence-electron chi connectivity index (χ1n) is 5.32. The van der Waals surface area contributed by atoms with E-state index in [2.05, 4.69) is 0 Å². The Morgan fingerprint density at radius 1 is 1.59 bits per heavy atom. The van der Waals surface area contributed by atoms with E-state index in [1.165, 1.54) is 0 Å². The summed E-state index contributed by atoms with van der Waals surface area (Å²) in [6.45, 7) is 0. The molecule has 5 heteroatoms. The highest BCUT2D eigenvalue weighted by Gasteiger charge is 2.08. The van der Waals surface area contributed by atoms with Gasteiger partial charge in [-0.15, -0.1) is 0 Å². The van der Waals surface area contributed by atoms with E-state index in [1.807, 2.05) is 6.07 Å². The van der Waals surface area contributed by atoms with Gasteiger partial charge in [-0.2, -0.15) is 0 Å². The molecule has 0 bridgehead atoms. The molecule has 4 nitrogen and oxygen atoms in total. The molecule has 0 saturated carbocycles. The Morgan fingerprint density at radius 3 is 2.82 bits per heavy atom. The van der Waals surface area contributed by atoms with Crippen molar-refractivity contribution in [1.29, 1.82) is 0 Å². The Balaban J connectivity index is 2.56. The summed E-state index contributed by atoms with van der Waals surface area (Å²) in [5, 5.41) is 9.09. The van der Waals surface area contributed by atoms with E-state index < -0.39 is 5.97 Å². The lowest BCUT2D eigenvalue weighted by molar-refractivity contribution is -0.137. The second-order valence-corrected chi connectivity index (χ2v) is 4.27. The van der Waals surface area contributed by atoms with E-state index in [1.54, 1.807) is 19.2 Å². The highest BCUT2D eigenvalue weighted by molar-refractivity contribution is 6.32. The van der Waals surface area contributed by atoms with Gasteiger partial charge in [-0.3, -0.25) is 4.79 Å². The minimum absolute atomic E-state index is 0.0883. The van der Waals surface area contributed by atoms with Crippen LogP contribution in [-0.4, -0.2) is 24.2 Å². The van der Waals surface area contributed by atoms with Crippen molar-refractivity contribution in [2.24, 2.45) is 5.73 Å². The number of aliphatic carboxylic acids is 1. The monoisotopic (exact) mass is 257 g/mol. The molecule has 0 fully saturated rings. The molecule has 1 atom stereocenters. The molecular weight excluding hydrogens is 242 g/mol. The number of benzene rings is 1. The Labute approximate surface area is 105 Å². The normalized spacial score (nSPS) is 12.2. The second-order valence-electron chi connectivity index (χ2n) is 3.87. The van der Waals surface area contributed by atoms with E-state index in [0.29, 0.717) is 23.6 Å². The number of hydrogen-bond donors (Lipinski definition) is 2. The van der Waals surface area contributed by atoms with Crippen LogP contribution in [0.1, 0.15) is 18.4 Å². The molecule has 0 amide bonds. The van der Waals surface area contributed by atoms with Crippen LogP contribution in [0, 0.1) is 0 Å². The van der Waals surface area contributed by atoms with Gasteiger partial charge in [0.15, 0.2) is 0 Å². The summed E-state index contributed by atoms with van der Waals surface area (Å²) < 4.78 is 5.04. The lowest BCUT2D eigenvalue weighted by Gasteiger charge is -2.11. The van der Waals surface area contributed by atoms with Crippen LogP contribution < -0.4 is 10.5 Å². The number of halogens is 1. The average Bonchev–Trinajstić information content (AvgIpc) is 2.26. The maximum Gasteiger partial charge on any atom is 0.303 e. The van der Waals surface area contributed by atoms with Gasteiger partial charge in [-0.25, -0.2) is 0 Å². The van der Waals surface area contributed by atoms with Crippen molar-refractivity contribution in [2.45, 2.75) is 25.3 Å². The van der Waals surface area contributed by atoms with Gasteiger partial charge in [-0.05, 0) is 30.5 Å². The SMILES string of the molecule is COc1ccc(CC(N)CCC(=O)O)cc1Cl. The molecule has 3 N–H and O–H groups in total. The van der Waals surface area contributed by atoms with E-state index in [0.717, 1.165) is 5.56 Å². The molecule has 94 valence electrons. The Kier molecular flexibility index (Phi) is 5.25. The molecule has 0 aliphatic rings. The molecule has 17 heavy (non-hydrogen) atoms. The molecule has 0 saturated heterocycles. The maximum atomic E-state index is 10.4. The number of ether oxygens (including phenoxy) is 1. The van der Waals surface area contributed by atoms with Gasteiger partial charge >= 0.3 is 5.97 Å². The van der Waals surface area contributed by atoms with Gasteiger partial charge < -0.3 is 15.6 Å². The van der Waals surface area contributed by atoms with E-state index >= 15 is 0 Å². The molecule has 0 radical (unpaired) electrons. The zero-order chi connectivity index (χ0) is 12.8. The van der Waals surface area contributed by atoms with Crippen LogP contribution in [0.4, 0.5) is 0 Å². The van der Waals surface area contributed by atoms with Crippen molar-refractivity contribution in [3.8, 4) is 5.75 Å². The van der Waals surface area contributed by atoms with Crippen LogP contribution in [-0.2, 0) is 11.2 Å². The third kappa shape index (κ3) is 4.63. The largest absolute Gasteiger partial charge is 0.495 e. The third-order valence-electron chi connectivity index (χ3n) is 2.44. The third-order valence-corrected chi connectivity index (χ3v) is 2.74. The Morgan fingerprint density at radius 2 is 2.29 bits per heavy atom. The fraction of sp³-hybridized carbons (Fsp3) is 0.417. The predicted molar refractivity (Wildman–Crippen MR) is 66.6 cm³/mol. The number of hydrogen-bond acceptors (Lipinski definition) is 3. The first kappa shape index (κ1) is 13.8. The standard InChI is InChI=1S/C12H16ClNO3/c1-17-11-4-2-8(7-10(11)13)6-9(14)3-5-12(15)16/h2,4,7,9H,3,5-6,14H2,1H3,(H,15,16). The molecule has 1 unspecified atom stereocenters. The Hall–Kier alpha value is -1.26. The van der Waals surface area contributed by atoms with Gasteiger partial charge in [0, 0.05) is 12.5 Å². The molecule has 1 aromatic carbocycles. The van der Waals surface area contributed by atoms with Crippen LogP contribution in [0.3, 0.4) is 0 Å². The average molecular weight is 258 g/mol. The molecule has 0 aliphatic carbocycles. The molecule has 0 aromatic heterocycles.